The Labute approximate surface area is 129 Å². The van der Waals surface area contributed by atoms with Crippen LogP contribution < -0.4 is 5.73 Å². The van der Waals surface area contributed by atoms with E-state index in [1.807, 2.05) is 6.92 Å². The van der Waals surface area contributed by atoms with E-state index in [4.69, 9.17) is 27.2 Å². The minimum absolute atomic E-state index is 0.0533. The van der Waals surface area contributed by atoms with Gasteiger partial charge in [-0.05, 0) is 6.92 Å². The zero-order valence-electron chi connectivity index (χ0n) is 12.2. The van der Waals surface area contributed by atoms with E-state index in [2.05, 4.69) is 10.1 Å². The van der Waals surface area contributed by atoms with E-state index >= 15 is 0 Å². The molecule has 0 bridgehead atoms. The summed E-state index contributed by atoms with van der Waals surface area (Å²) in [6, 6.07) is 1.67. The zero-order chi connectivity index (χ0) is 15.4. The van der Waals surface area contributed by atoms with Gasteiger partial charge in [-0.2, -0.15) is 0 Å². The van der Waals surface area contributed by atoms with Crippen molar-refractivity contribution in [3.63, 3.8) is 0 Å². The van der Waals surface area contributed by atoms with Crippen molar-refractivity contribution in [2.24, 2.45) is 5.73 Å². The van der Waals surface area contributed by atoms with Crippen LogP contribution in [0.1, 0.15) is 23.2 Å². The van der Waals surface area contributed by atoms with Gasteiger partial charge in [0.2, 0.25) is 0 Å². The number of methoxy groups -OCH3 is 1. The molecule has 0 aliphatic carbocycles. The van der Waals surface area contributed by atoms with Gasteiger partial charge >= 0.3 is 0 Å². The molecule has 1 fully saturated rings. The lowest BCUT2D eigenvalue weighted by molar-refractivity contribution is 0.0611. The molecule has 1 aliphatic rings. The van der Waals surface area contributed by atoms with Crippen LogP contribution in [-0.4, -0.2) is 65.2 Å². The van der Waals surface area contributed by atoms with Crippen LogP contribution in [0.25, 0.3) is 0 Å². The van der Waals surface area contributed by atoms with E-state index in [-0.39, 0.29) is 11.9 Å². The second kappa shape index (κ2) is 6.97. The molecule has 1 amide bonds. The Morgan fingerprint density at radius 1 is 1.52 bits per heavy atom. The van der Waals surface area contributed by atoms with Crippen molar-refractivity contribution in [3.8, 4) is 0 Å². The third-order valence-corrected chi connectivity index (χ3v) is 3.97. The number of rotatable bonds is 5. The molecule has 8 heteroatoms. The summed E-state index contributed by atoms with van der Waals surface area (Å²) in [4.78, 5) is 16.7. The highest BCUT2D eigenvalue weighted by atomic mass is 32.1. The summed E-state index contributed by atoms with van der Waals surface area (Å²) >= 11 is 5.01. The van der Waals surface area contributed by atoms with Crippen molar-refractivity contribution in [3.05, 3.63) is 17.5 Å². The minimum atomic E-state index is -0.122. The molecular weight excluding hydrogens is 292 g/mol. The molecule has 0 radical (unpaired) electrons. The van der Waals surface area contributed by atoms with E-state index in [0.29, 0.717) is 36.1 Å². The maximum Gasteiger partial charge on any atom is 0.276 e. The Hall–Kier alpha value is -1.51. The number of aromatic nitrogens is 1. The van der Waals surface area contributed by atoms with Gasteiger partial charge in [0.05, 0.1) is 11.0 Å². The topological polar surface area (TPSA) is 84.8 Å². The maximum atomic E-state index is 12.3. The Kier molecular flexibility index (Phi) is 5.27. The molecule has 2 rings (SSSR count). The van der Waals surface area contributed by atoms with Crippen molar-refractivity contribution >= 4 is 23.1 Å². The smallest absolute Gasteiger partial charge is 0.276 e. The number of hydrogen-bond donors (Lipinski definition) is 1. The van der Waals surface area contributed by atoms with Crippen molar-refractivity contribution < 1.29 is 14.1 Å². The van der Waals surface area contributed by atoms with Crippen LogP contribution in [0.15, 0.2) is 10.6 Å². The number of nitrogens with two attached hydrogens (primary N) is 1. The second-order valence-electron chi connectivity index (χ2n) is 5.02. The first kappa shape index (κ1) is 15.9. The molecule has 1 atom stereocenters. The molecule has 2 N–H and O–H groups in total. The van der Waals surface area contributed by atoms with E-state index in [1.54, 1.807) is 18.1 Å². The van der Waals surface area contributed by atoms with Crippen LogP contribution in [0.5, 0.6) is 0 Å². The predicted octanol–water partition coefficient (Wildman–Crippen LogP) is 0.253. The van der Waals surface area contributed by atoms with Gasteiger partial charge in [-0.25, -0.2) is 0 Å². The van der Waals surface area contributed by atoms with Gasteiger partial charge in [0.1, 0.15) is 6.61 Å². The van der Waals surface area contributed by atoms with Gasteiger partial charge in [-0.1, -0.05) is 17.4 Å². The van der Waals surface area contributed by atoms with Gasteiger partial charge < -0.3 is 19.9 Å². The monoisotopic (exact) mass is 312 g/mol. The number of carbonyl (C=O) groups excluding carboxylic acids is 1. The first-order chi connectivity index (χ1) is 10.0. The number of nitrogens with zero attached hydrogens (tertiary/aromatic N) is 3. The molecule has 7 nitrogen and oxygen atoms in total. The summed E-state index contributed by atoms with van der Waals surface area (Å²) in [5.74, 6) is 0.422. The van der Waals surface area contributed by atoms with Crippen LogP contribution in [0.3, 0.4) is 0 Å². The number of ether oxygens (including phenoxy) is 1. The SMILES string of the molecule is COCc1cc(C(=O)N2CCN(C(C)C(N)=S)CC2)no1. The molecule has 1 aliphatic heterocycles. The molecule has 1 unspecified atom stereocenters. The summed E-state index contributed by atoms with van der Waals surface area (Å²) in [5.41, 5.74) is 5.98. The fourth-order valence-electron chi connectivity index (χ4n) is 2.28. The first-order valence-electron chi connectivity index (χ1n) is 6.80. The van der Waals surface area contributed by atoms with Crippen LogP contribution in [-0.2, 0) is 11.3 Å². The highest BCUT2D eigenvalue weighted by Crippen LogP contribution is 2.12. The van der Waals surface area contributed by atoms with Crippen LogP contribution in [0, 0.1) is 0 Å². The Morgan fingerprint density at radius 2 is 2.19 bits per heavy atom. The lowest BCUT2D eigenvalue weighted by atomic mass is 10.2. The zero-order valence-corrected chi connectivity index (χ0v) is 13.1. The van der Waals surface area contributed by atoms with E-state index in [9.17, 15) is 4.79 Å². The van der Waals surface area contributed by atoms with Crippen molar-refractivity contribution in [2.45, 2.75) is 19.6 Å². The lowest BCUT2D eigenvalue weighted by Crippen LogP contribution is -2.54. The third-order valence-electron chi connectivity index (χ3n) is 3.63. The number of carbonyl (C=O) groups is 1. The predicted molar refractivity (Wildman–Crippen MR) is 80.9 cm³/mol. The normalized spacial score (nSPS) is 17.7. The summed E-state index contributed by atoms with van der Waals surface area (Å²) in [6.07, 6.45) is 0. The molecule has 1 saturated heterocycles. The van der Waals surface area contributed by atoms with Crippen molar-refractivity contribution in [1.29, 1.82) is 0 Å². The van der Waals surface area contributed by atoms with Gasteiger partial charge in [0.15, 0.2) is 11.5 Å². The highest BCUT2D eigenvalue weighted by Gasteiger charge is 2.27. The number of amides is 1. The quantitative estimate of drug-likeness (QED) is 0.780. The number of thiocarbonyl (C=S) groups is 1. The second-order valence-corrected chi connectivity index (χ2v) is 5.49. The van der Waals surface area contributed by atoms with E-state index in [0.717, 1.165) is 13.1 Å². The molecule has 21 heavy (non-hydrogen) atoms. The average Bonchev–Trinajstić information content (AvgIpc) is 2.95. The third kappa shape index (κ3) is 3.78. The van der Waals surface area contributed by atoms with Gasteiger partial charge in [0, 0.05) is 39.4 Å². The Morgan fingerprint density at radius 3 is 2.76 bits per heavy atom. The fourth-order valence-corrected chi connectivity index (χ4v) is 2.43. The summed E-state index contributed by atoms with van der Waals surface area (Å²) in [6.45, 7) is 5.02. The van der Waals surface area contributed by atoms with Gasteiger partial charge in [-0.3, -0.25) is 9.69 Å². The fraction of sp³-hybridized carbons (Fsp3) is 0.615. The molecule has 1 aromatic heterocycles. The lowest BCUT2D eigenvalue weighted by Gasteiger charge is -2.37. The van der Waals surface area contributed by atoms with Gasteiger partial charge in [-0.15, -0.1) is 0 Å². The summed E-state index contributed by atoms with van der Waals surface area (Å²) < 4.78 is 9.98. The van der Waals surface area contributed by atoms with Crippen LogP contribution in [0.4, 0.5) is 0 Å². The number of hydrogen-bond acceptors (Lipinski definition) is 6. The molecular formula is C13H20N4O3S. The van der Waals surface area contributed by atoms with Crippen molar-refractivity contribution in [2.75, 3.05) is 33.3 Å². The minimum Gasteiger partial charge on any atom is -0.392 e. The van der Waals surface area contributed by atoms with Crippen molar-refractivity contribution in [1.82, 2.24) is 15.0 Å². The van der Waals surface area contributed by atoms with Crippen LogP contribution >= 0.6 is 12.2 Å². The molecule has 0 spiro atoms. The van der Waals surface area contributed by atoms with Crippen LogP contribution in [0.2, 0.25) is 0 Å². The first-order valence-corrected chi connectivity index (χ1v) is 7.21. The highest BCUT2D eigenvalue weighted by molar-refractivity contribution is 7.80. The Balaban J connectivity index is 1.92. The standard InChI is InChI=1S/C13H20N4O3S/c1-9(12(14)21)16-3-5-17(6-4-16)13(18)11-7-10(8-19-2)20-15-11/h7,9H,3-6,8H2,1-2H3,(H2,14,21). The maximum absolute atomic E-state index is 12.3. The van der Waals surface area contributed by atoms with Gasteiger partial charge in [0.25, 0.3) is 5.91 Å². The molecule has 2 heterocycles. The van der Waals surface area contributed by atoms with E-state index < -0.39 is 0 Å². The molecule has 0 saturated carbocycles. The number of piperazine rings is 1. The van der Waals surface area contributed by atoms with E-state index in [1.165, 1.54) is 0 Å². The molecule has 116 valence electrons. The Bertz CT molecular complexity index is 511. The summed E-state index contributed by atoms with van der Waals surface area (Å²) in [7, 11) is 1.56. The average molecular weight is 312 g/mol. The molecule has 0 aromatic carbocycles. The summed E-state index contributed by atoms with van der Waals surface area (Å²) in [5, 5.41) is 3.79. The largest absolute Gasteiger partial charge is 0.392 e. The molecule has 1 aromatic rings.